The SMILES string of the molecule is Clc1ccc(Cn2cc(CNC3C4CC5CC(C4)CC3C5)c3ccccc32)cc1Cl. The van der Waals surface area contributed by atoms with Crippen molar-refractivity contribution in [3.63, 3.8) is 0 Å². The number of nitrogens with one attached hydrogen (secondary N) is 1. The molecule has 0 aliphatic heterocycles. The van der Waals surface area contributed by atoms with Crippen molar-refractivity contribution in [2.75, 3.05) is 0 Å². The third kappa shape index (κ3) is 3.38. The number of halogens is 2. The normalized spacial score (nSPS) is 29.7. The molecule has 0 amide bonds. The Balaban J connectivity index is 1.24. The van der Waals surface area contributed by atoms with Gasteiger partial charge in [0.15, 0.2) is 0 Å². The number of nitrogens with zero attached hydrogens (tertiary/aromatic N) is 1. The highest BCUT2D eigenvalue weighted by molar-refractivity contribution is 6.42. The number of hydrogen-bond acceptors (Lipinski definition) is 1. The van der Waals surface area contributed by atoms with Crippen molar-refractivity contribution in [1.82, 2.24) is 9.88 Å². The first kappa shape index (κ1) is 19.2. The Morgan fingerprint density at radius 2 is 1.60 bits per heavy atom. The average molecular weight is 439 g/mol. The zero-order valence-electron chi connectivity index (χ0n) is 17.2. The summed E-state index contributed by atoms with van der Waals surface area (Å²) in [7, 11) is 0. The van der Waals surface area contributed by atoms with Gasteiger partial charge >= 0.3 is 0 Å². The lowest BCUT2D eigenvalue weighted by Gasteiger charge is -2.54. The first-order valence-electron chi connectivity index (χ1n) is 11.4. The molecule has 4 heteroatoms. The molecule has 4 bridgehead atoms. The van der Waals surface area contributed by atoms with E-state index in [0.29, 0.717) is 10.0 Å². The number of rotatable bonds is 5. The van der Waals surface area contributed by atoms with Gasteiger partial charge in [0.25, 0.3) is 0 Å². The van der Waals surface area contributed by atoms with Crippen molar-refractivity contribution in [1.29, 1.82) is 0 Å². The molecule has 3 aromatic rings. The van der Waals surface area contributed by atoms with Gasteiger partial charge in [0, 0.05) is 36.2 Å². The molecule has 156 valence electrons. The number of fused-ring (bicyclic) bond motifs is 1. The molecule has 4 fully saturated rings. The maximum absolute atomic E-state index is 6.25. The van der Waals surface area contributed by atoms with Gasteiger partial charge in [-0.05, 0) is 85.1 Å². The first-order valence-corrected chi connectivity index (χ1v) is 12.1. The molecule has 1 heterocycles. The standard InChI is InChI=1S/C26H28Cl2N2/c27-23-6-5-16(12-24(23)28)14-30-15-21(22-3-1-2-4-25(22)30)13-29-26-19-8-17-7-18(10-19)11-20(26)9-17/h1-6,12,15,17-20,26,29H,7-11,13-14H2. The van der Waals surface area contributed by atoms with Crippen LogP contribution in [0, 0.1) is 23.7 Å². The summed E-state index contributed by atoms with van der Waals surface area (Å²) >= 11 is 12.4. The summed E-state index contributed by atoms with van der Waals surface area (Å²) in [4.78, 5) is 0. The second-order valence-electron chi connectivity index (χ2n) is 9.89. The Kier molecular flexibility index (Phi) is 4.86. The van der Waals surface area contributed by atoms with Crippen LogP contribution < -0.4 is 5.32 Å². The minimum atomic E-state index is 0.610. The summed E-state index contributed by atoms with van der Waals surface area (Å²) in [5.74, 6) is 3.87. The predicted octanol–water partition coefficient (Wildman–Crippen LogP) is 6.91. The molecule has 0 atom stereocenters. The highest BCUT2D eigenvalue weighted by Gasteiger charge is 2.47. The zero-order chi connectivity index (χ0) is 20.2. The van der Waals surface area contributed by atoms with E-state index in [4.69, 9.17) is 23.2 Å². The Hall–Kier alpha value is -1.48. The Morgan fingerprint density at radius 3 is 2.33 bits per heavy atom. The molecule has 2 nitrogen and oxygen atoms in total. The van der Waals surface area contributed by atoms with E-state index in [1.807, 2.05) is 12.1 Å². The van der Waals surface area contributed by atoms with Crippen molar-refractivity contribution in [2.45, 2.75) is 51.2 Å². The Morgan fingerprint density at radius 1 is 0.867 bits per heavy atom. The fraction of sp³-hybridized carbons (Fsp3) is 0.462. The van der Waals surface area contributed by atoms with E-state index in [2.05, 4.69) is 46.4 Å². The first-order chi connectivity index (χ1) is 14.6. The van der Waals surface area contributed by atoms with Gasteiger partial charge in [0.1, 0.15) is 0 Å². The smallest absolute Gasteiger partial charge is 0.0595 e. The summed E-state index contributed by atoms with van der Waals surface area (Å²) in [6.07, 6.45) is 9.69. The average Bonchev–Trinajstić information content (AvgIpc) is 3.07. The number of benzene rings is 2. The monoisotopic (exact) mass is 438 g/mol. The summed E-state index contributed by atoms with van der Waals surface area (Å²) in [5.41, 5.74) is 3.86. The number of hydrogen-bond donors (Lipinski definition) is 1. The molecule has 1 N–H and O–H groups in total. The molecule has 7 rings (SSSR count). The quantitative estimate of drug-likeness (QED) is 0.457. The Bertz CT molecular complexity index is 1060. The van der Waals surface area contributed by atoms with Gasteiger partial charge in [0.05, 0.1) is 10.0 Å². The van der Waals surface area contributed by atoms with Crippen molar-refractivity contribution < 1.29 is 0 Å². The van der Waals surface area contributed by atoms with Gasteiger partial charge in [0.2, 0.25) is 0 Å². The summed E-state index contributed by atoms with van der Waals surface area (Å²) in [6, 6.07) is 15.4. The van der Waals surface area contributed by atoms with Crippen LogP contribution in [0.4, 0.5) is 0 Å². The molecule has 0 unspecified atom stereocenters. The topological polar surface area (TPSA) is 17.0 Å². The van der Waals surface area contributed by atoms with Crippen LogP contribution in [0.2, 0.25) is 10.0 Å². The van der Waals surface area contributed by atoms with Gasteiger partial charge in [-0.3, -0.25) is 0 Å². The van der Waals surface area contributed by atoms with E-state index >= 15 is 0 Å². The van der Waals surface area contributed by atoms with Crippen LogP contribution in [0.25, 0.3) is 10.9 Å². The fourth-order valence-electron chi connectivity index (χ4n) is 6.92. The highest BCUT2D eigenvalue weighted by atomic mass is 35.5. The molecular weight excluding hydrogens is 411 g/mol. The summed E-state index contributed by atoms with van der Waals surface area (Å²) in [5, 5.41) is 6.60. The molecular formula is C26H28Cl2N2. The zero-order valence-corrected chi connectivity index (χ0v) is 18.7. The highest BCUT2D eigenvalue weighted by Crippen LogP contribution is 2.53. The van der Waals surface area contributed by atoms with Crippen LogP contribution in [-0.4, -0.2) is 10.6 Å². The third-order valence-electron chi connectivity index (χ3n) is 7.96. The van der Waals surface area contributed by atoms with Gasteiger partial charge in [-0.2, -0.15) is 0 Å². The van der Waals surface area contributed by atoms with Crippen LogP contribution in [0.5, 0.6) is 0 Å². The van der Waals surface area contributed by atoms with E-state index in [-0.39, 0.29) is 0 Å². The molecule has 4 aliphatic rings. The van der Waals surface area contributed by atoms with E-state index < -0.39 is 0 Å². The molecule has 2 aromatic carbocycles. The minimum Gasteiger partial charge on any atom is -0.343 e. The van der Waals surface area contributed by atoms with Gasteiger partial charge in [-0.25, -0.2) is 0 Å². The van der Waals surface area contributed by atoms with Gasteiger partial charge in [-0.1, -0.05) is 47.5 Å². The van der Waals surface area contributed by atoms with Gasteiger partial charge in [-0.15, -0.1) is 0 Å². The second-order valence-corrected chi connectivity index (χ2v) is 10.7. The Labute approximate surface area is 188 Å². The summed E-state index contributed by atoms with van der Waals surface area (Å²) < 4.78 is 2.35. The molecule has 0 saturated heterocycles. The third-order valence-corrected chi connectivity index (χ3v) is 8.70. The van der Waals surface area contributed by atoms with Crippen molar-refractivity contribution in [2.24, 2.45) is 23.7 Å². The number of para-hydroxylation sites is 1. The largest absolute Gasteiger partial charge is 0.343 e. The van der Waals surface area contributed by atoms with Crippen LogP contribution in [0.3, 0.4) is 0 Å². The van der Waals surface area contributed by atoms with E-state index in [1.165, 1.54) is 54.1 Å². The second kappa shape index (κ2) is 7.58. The van der Waals surface area contributed by atoms with Crippen molar-refractivity contribution in [3.05, 3.63) is 69.8 Å². The molecule has 30 heavy (non-hydrogen) atoms. The van der Waals surface area contributed by atoms with E-state index in [0.717, 1.165) is 42.8 Å². The maximum atomic E-state index is 6.25. The van der Waals surface area contributed by atoms with Crippen LogP contribution in [0.1, 0.15) is 43.2 Å². The van der Waals surface area contributed by atoms with Crippen LogP contribution >= 0.6 is 23.2 Å². The predicted molar refractivity (Wildman–Crippen MR) is 125 cm³/mol. The lowest BCUT2D eigenvalue weighted by atomic mass is 9.54. The van der Waals surface area contributed by atoms with E-state index in [9.17, 15) is 0 Å². The lowest BCUT2D eigenvalue weighted by molar-refractivity contribution is -0.0142. The fourth-order valence-corrected chi connectivity index (χ4v) is 7.24. The lowest BCUT2D eigenvalue weighted by Crippen LogP contribution is -2.54. The van der Waals surface area contributed by atoms with E-state index in [1.54, 1.807) is 0 Å². The summed E-state index contributed by atoms with van der Waals surface area (Å²) in [6.45, 7) is 1.76. The molecule has 0 radical (unpaired) electrons. The maximum Gasteiger partial charge on any atom is 0.0595 e. The minimum absolute atomic E-state index is 0.610. The van der Waals surface area contributed by atoms with Crippen molar-refractivity contribution >= 4 is 34.1 Å². The van der Waals surface area contributed by atoms with Crippen molar-refractivity contribution in [3.8, 4) is 0 Å². The number of aromatic nitrogens is 1. The molecule has 0 spiro atoms. The molecule has 4 aliphatic carbocycles. The van der Waals surface area contributed by atoms with Gasteiger partial charge < -0.3 is 9.88 Å². The molecule has 1 aromatic heterocycles. The molecule has 4 saturated carbocycles. The van der Waals surface area contributed by atoms with Crippen LogP contribution in [-0.2, 0) is 13.1 Å². The van der Waals surface area contributed by atoms with Crippen LogP contribution in [0.15, 0.2) is 48.7 Å².